The summed E-state index contributed by atoms with van der Waals surface area (Å²) < 4.78 is 39.6. The zero-order valence-electron chi connectivity index (χ0n) is 22.5. The number of pyridine rings is 1. The van der Waals surface area contributed by atoms with Crippen LogP contribution in [0.25, 0.3) is 27.8 Å². The molecule has 0 spiro atoms. The van der Waals surface area contributed by atoms with Crippen molar-refractivity contribution in [1.82, 2.24) is 34.9 Å². The third kappa shape index (κ3) is 5.92. The second kappa shape index (κ2) is 11.2. The summed E-state index contributed by atoms with van der Waals surface area (Å²) in [7, 11) is 0. The summed E-state index contributed by atoms with van der Waals surface area (Å²) in [5.74, 6) is 1.15. The van der Waals surface area contributed by atoms with Crippen molar-refractivity contribution < 1.29 is 18.0 Å². The Balaban J connectivity index is 1.21. The van der Waals surface area contributed by atoms with E-state index < -0.39 is 18.6 Å². The number of halogens is 3. The number of nitrogen functional groups attached to an aromatic ring is 1. The van der Waals surface area contributed by atoms with Crippen molar-refractivity contribution in [3.8, 4) is 11.1 Å². The molecule has 218 valence electrons. The number of aromatic nitrogens is 6. The Hall–Kier alpha value is -4.88. The molecule has 1 amide bonds. The van der Waals surface area contributed by atoms with Crippen LogP contribution in [0.3, 0.4) is 0 Å². The molecule has 1 aromatic carbocycles. The lowest BCUT2D eigenvalue weighted by molar-refractivity contribution is -0.123. The molecule has 0 unspecified atom stereocenters. The van der Waals surface area contributed by atoms with Gasteiger partial charge in [-0.3, -0.25) is 4.79 Å². The molecule has 1 saturated carbocycles. The van der Waals surface area contributed by atoms with Gasteiger partial charge in [-0.1, -0.05) is 31.4 Å². The molecule has 0 atom stereocenters. The maximum absolute atomic E-state index is 12.8. The molecule has 0 saturated heterocycles. The van der Waals surface area contributed by atoms with Crippen LogP contribution in [0.1, 0.15) is 42.5 Å². The predicted octanol–water partition coefficient (Wildman–Crippen LogP) is 5.28. The molecule has 0 bridgehead atoms. The molecule has 4 heterocycles. The number of hydrogen-bond donors (Lipinski definition) is 5. The van der Waals surface area contributed by atoms with Gasteiger partial charge in [-0.25, -0.2) is 19.5 Å². The van der Waals surface area contributed by atoms with E-state index in [4.69, 9.17) is 5.73 Å². The summed E-state index contributed by atoms with van der Waals surface area (Å²) in [6.07, 6.45) is 4.39. The van der Waals surface area contributed by atoms with E-state index in [-0.39, 0.29) is 11.4 Å². The molecule has 0 aliphatic heterocycles. The molecule has 42 heavy (non-hydrogen) atoms. The van der Waals surface area contributed by atoms with E-state index in [1.165, 1.54) is 49.1 Å². The van der Waals surface area contributed by atoms with Crippen LogP contribution in [0.15, 0.2) is 48.9 Å². The number of imidazole rings is 1. The quantitative estimate of drug-likeness (QED) is 0.167. The number of nitrogens with two attached hydrogens (primary N) is 1. The van der Waals surface area contributed by atoms with Crippen LogP contribution in [0.5, 0.6) is 0 Å². The molecule has 5 aromatic rings. The molecule has 1 aliphatic rings. The first kappa shape index (κ1) is 27.3. The average molecular weight is 579 g/mol. The minimum atomic E-state index is -4.56. The topological polar surface area (TPSA) is 151 Å². The fraction of sp³-hybridized carbons (Fsp3) is 0.321. The van der Waals surface area contributed by atoms with E-state index in [0.29, 0.717) is 45.4 Å². The molecule has 0 radical (unpaired) electrons. The third-order valence-electron chi connectivity index (χ3n) is 7.37. The van der Waals surface area contributed by atoms with Gasteiger partial charge < -0.3 is 26.7 Å². The summed E-state index contributed by atoms with van der Waals surface area (Å²) in [4.78, 5) is 29.2. The third-order valence-corrected chi connectivity index (χ3v) is 7.37. The number of benzene rings is 1. The molecule has 6 rings (SSSR count). The molecule has 11 nitrogen and oxygen atoms in total. The monoisotopic (exact) mass is 578 g/mol. The van der Waals surface area contributed by atoms with Crippen LogP contribution < -0.4 is 21.7 Å². The number of alkyl halides is 3. The maximum atomic E-state index is 12.8. The van der Waals surface area contributed by atoms with Crippen LogP contribution in [0.4, 0.5) is 36.4 Å². The smallest absolute Gasteiger partial charge is 0.382 e. The minimum absolute atomic E-state index is 0.0107. The van der Waals surface area contributed by atoms with Gasteiger partial charge in [0.2, 0.25) is 5.95 Å². The molecular formula is C28H29F3N10O. The lowest BCUT2D eigenvalue weighted by atomic mass is 9.89. The van der Waals surface area contributed by atoms with Crippen molar-refractivity contribution in [3.05, 3.63) is 54.5 Å². The highest BCUT2D eigenvalue weighted by molar-refractivity contribution is 6.07. The van der Waals surface area contributed by atoms with E-state index in [9.17, 15) is 18.0 Å². The first-order chi connectivity index (χ1) is 20.2. The molecule has 1 aliphatic carbocycles. The molecule has 14 heteroatoms. The van der Waals surface area contributed by atoms with Gasteiger partial charge >= 0.3 is 6.18 Å². The number of aromatic amines is 1. The SMILES string of the molecule is Nc1ncnn2cc(C(=O)NCC(F)(F)F)c(-c3ccc(Nc4nc5ccc(NCC6CCCCC6)nc5[nH]4)cc3)c12. The van der Waals surface area contributed by atoms with Gasteiger partial charge in [-0.2, -0.15) is 18.3 Å². The van der Waals surface area contributed by atoms with Crippen LogP contribution in [0, 0.1) is 5.92 Å². The van der Waals surface area contributed by atoms with Gasteiger partial charge in [0.1, 0.15) is 29.7 Å². The summed E-state index contributed by atoms with van der Waals surface area (Å²) in [5, 5.41) is 12.6. The van der Waals surface area contributed by atoms with Gasteiger partial charge in [0.25, 0.3) is 5.91 Å². The first-order valence-corrected chi connectivity index (χ1v) is 13.7. The number of carbonyl (C=O) groups is 1. The highest BCUT2D eigenvalue weighted by Gasteiger charge is 2.29. The Bertz CT molecular complexity index is 1720. The van der Waals surface area contributed by atoms with Crippen molar-refractivity contribution in [1.29, 1.82) is 0 Å². The normalized spacial score (nSPS) is 14.4. The van der Waals surface area contributed by atoms with E-state index in [1.54, 1.807) is 24.3 Å². The Kier molecular flexibility index (Phi) is 7.27. The Morgan fingerprint density at radius 3 is 2.62 bits per heavy atom. The highest BCUT2D eigenvalue weighted by atomic mass is 19.4. The number of H-pyrrole nitrogens is 1. The van der Waals surface area contributed by atoms with E-state index in [0.717, 1.165) is 12.4 Å². The fourth-order valence-corrected chi connectivity index (χ4v) is 5.32. The van der Waals surface area contributed by atoms with Crippen LogP contribution in [-0.4, -0.2) is 54.7 Å². The van der Waals surface area contributed by atoms with E-state index in [1.807, 2.05) is 17.4 Å². The minimum Gasteiger partial charge on any atom is -0.382 e. The second-order valence-electron chi connectivity index (χ2n) is 10.4. The zero-order valence-corrected chi connectivity index (χ0v) is 22.5. The lowest BCUT2D eigenvalue weighted by Gasteiger charge is -2.21. The Morgan fingerprint density at radius 1 is 1.07 bits per heavy atom. The average Bonchev–Trinajstić information content (AvgIpc) is 3.57. The van der Waals surface area contributed by atoms with Crippen molar-refractivity contribution in [3.63, 3.8) is 0 Å². The summed E-state index contributed by atoms with van der Waals surface area (Å²) in [5.41, 5.74) is 9.27. The zero-order chi connectivity index (χ0) is 29.3. The fourth-order valence-electron chi connectivity index (χ4n) is 5.32. The lowest BCUT2D eigenvalue weighted by Crippen LogP contribution is -2.33. The van der Waals surface area contributed by atoms with Crippen LogP contribution in [-0.2, 0) is 0 Å². The Morgan fingerprint density at radius 2 is 1.86 bits per heavy atom. The number of amides is 1. The van der Waals surface area contributed by atoms with E-state index in [2.05, 4.69) is 35.7 Å². The number of fused-ring (bicyclic) bond motifs is 2. The number of anilines is 4. The van der Waals surface area contributed by atoms with E-state index >= 15 is 0 Å². The summed E-state index contributed by atoms with van der Waals surface area (Å²) in [6, 6.07) is 10.8. The Labute approximate surface area is 238 Å². The standard InChI is InChI=1S/C28H29F3N10O/c29-28(30,31)14-34-26(42)19-13-41-23(24(32)35-15-36-41)22(19)17-6-8-18(9-7-17)37-27-38-20-10-11-21(39-25(20)40-27)33-12-16-4-2-1-3-5-16/h6-11,13,15-16H,1-5,12,14H2,(H,34,42)(H2,32,35,36)(H3,33,37,38,39,40). The van der Waals surface area contributed by atoms with Crippen molar-refractivity contribution in [2.45, 2.75) is 38.3 Å². The van der Waals surface area contributed by atoms with Gasteiger partial charge in [0.15, 0.2) is 11.5 Å². The second-order valence-corrected chi connectivity index (χ2v) is 10.4. The first-order valence-electron chi connectivity index (χ1n) is 13.7. The van der Waals surface area contributed by atoms with Crippen LogP contribution in [0.2, 0.25) is 0 Å². The molecule has 4 aromatic heterocycles. The predicted molar refractivity (Wildman–Crippen MR) is 153 cm³/mol. The number of nitrogens with one attached hydrogen (secondary N) is 4. The summed E-state index contributed by atoms with van der Waals surface area (Å²) >= 11 is 0. The van der Waals surface area contributed by atoms with Crippen molar-refractivity contribution in [2.75, 3.05) is 29.5 Å². The van der Waals surface area contributed by atoms with Gasteiger partial charge in [0.05, 0.1) is 5.56 Å². The maximum Gasteiger partial charge on any atom is 0.405 e. The van der Waals surface area contributed by atoms with Gasteiger partial charge in [-0.05, 0) is 48.6 Å². The largest absolute Gasteiger partial charge is 0.405 e. The van der Waals surface area contributed by atoms with Crippen molar-refractivity contribution >= 4 is 45.9 Å². The van der Waals surface area contributed by atoms with Gasteiger partial charge in [-0.15, -0.1) is 0 Å². The molecular weight excluding hydrogens is 549 g/mol. The number of nitrogens with zero attached hydrogens (tertiary/aromatic N) is 5. The highest BCUT2D eigenvalue weighted by Crippen LogP contribution is 2.33. The van der Waals surface area contributed by atoms with Gasteiger partial charge in [0, 0.05) is 24.0 Å². The van der Waals surface area contributed by atoms with Crippen LogP contribution >= 0.6 is 0 Å². The molecule has 1 fully saturated rings. The number of carbonyl (C=O) groups excluding carboxylic acids is 1. The summed E-state index contributed by atoms with van der Waals surface area (Å²) in [6.45, 7) is -0.559. The molecule has 6 N–H and O–H groups in total. The number of rotatable bonds is 8. The number of hydrogen-bond acceptors (Lipinski definition) is 8. The van der Waals surface area contributed by atoms with Crippen molar-refractivity contribution in [2.24, 2.45) is 5.92 Å².